The van der Waals surface area contributed by atoms with Gasteiger partial charge in [-0.3, -0.25) is 9.36 Å². The van der Waals surface area contributed by atoms with E-state index >= 15 is 0 Å². The number of nitrogens with one attached hydrogen (secondary N) is 1. The zero-order chi connectivity index (χ0) is 22.4. The standard InChI is InChI=1S/C24H26FN3O4/c1-31-21-10-18-20(11-22(21)32-2)26-24(30)28(23(18)29)8-7-27-12-15-9-17(19(15)13-27)14-3-5-16(25)6-4-14/h3-6,10-11,15,17,19H,7-9,12-13H2,1-2H3,(H,26,30). The summed E-state index contributed by atoms with van der Waals surface area (Å²) >= 11 is 0. The topological polar surface area (TPSA) is 76.6 Å². The van der Waals surface area contributed by atoms with Gasteiger partial charge in [-0.1, -0.05) is 12.1 Å². The van der Waals surface area contributed by atoms with Gasteiger partial charge < -0.3 is 19.4 Å². The largest absolute Gasteiger partial charge is 0.493 e. The summed E-state index contributed by atoms with van der Waals surface area (Å²) < 4.78 is 25.0. The van der Waals surface area contributed by atoms with E-state index in [-0.39, 0.29) is 11.4 Å². The first-order valence-electron chi connectivity index (χ1n) is 10.8. The van der Waals surface area contributed by atoms with Crippen LogP contribution in [0.25, 0.3) is 10.9 Å². The number of aromatic amines is 1. The quantitative estimate of drug-likeness (QED) is 0.639. The number of rotatable bonds is 6. The van der Waals surface area contributed by atoms with Gasteiger partial charge in [0.25, 0.3) is 5.56 Å². The van der Waals surface area contributed by atoms with Crippen LogP contribution in [0.2, 0.25) is 0 Å². The number of methoxy groups -OCH3 is 2. The third kappa shape index (κ3) is 3.48. The molecule has 1 saturated carbocycles. The van der Waals surface area contributed by atoms with Crippen LogP contribution in [0.1, 0.15) is 17.9 Å². The number of likely N-dealkylation sites (tertiary alicyclic amines) is 1. The maximum absolute atomic E-state index is 13.2. The van der Waals surface area contributed by atoms with Crippen molar-refractivity contribution in [3.63, 3.8) is 0 Å². The van der Waals surface area contributed by atoms with Gasteiger partial charge in [0.2, 0.25) is 0 Å². The number of aromatic nitrogens is 2. The van der Waals surface area contributed by atoms with Crippen molar-refractivity contribution in [2.75, 3.05) is 33.9 Å². The van der Waals surface area contributed by atoms with Gasteiger partial charge >= 0.3 is 5.69 Å². The predicted octanol–water partition coefficient (Wildman–Crippen LogP) is 2.58. The Hall–Kier alpha value is -3.13. The summed E-state index contributed by atoms with van der Waals surface area (Å²) in [4.78, 5) is 30.7. The van der Waals surface area contributed by atoms with Crippen molar-refractivity contribution in [2.45, 2.75) is 18.9 Å². The summed E-state index contributed by atoms with van der Waals surface area (Å²) in [5, 5.41) is 0.389. The second-order valence-corrected chi connectivity index (χ2v) is 8.72. The molecule has 2 heterocycles. The molecule has 1 aliphatic heterocycles. The number of fused-ring (bicyclic) bond motifs is 2. The Bertz CT molecular complexity index is 1270. The van der Waals surface area contributed by atoms with E-state index in [2.05, 4.69) is 9.88 Å². The Balaban J connectivity index is 1.31. The van der Waals surface area contributed by atoms with E-state index in [0.29, 0.717) is 53.2 Å². The van der Waals surface area contributed by atoms with Crippen molar-refractivity contribution >= 4 is 10.9 Å². The molecule has 32 heavy (non-hydrogen) atoms. The van der Waals surface area contributed by atoms with E-state index in [9.17, 15) is 14.0 Å². The minimum atomic E-state index is -0.430. The molecule has 8 heteroatoms. The fraction of sp³-hybridized carbons (Fsp3) is 0.417. The molecular formula is C24H26FN3O4. The summed E-state index contributed by atoms with van der Waals surface area (Å²) in [6.07, 6.45) is 1.10. The predicted molar refractivity (Wildman–Crippen MR) is 119 cm³/mol. The Labute approximate surface area is 184 Å². The maximum Gasteiger partial charge on any atom is 0.328 e. The second-order valence-electron chi connectivity index (χ2n) is 8.72. The zero-order valence-corrected chi connectivity index (χ0v) is 18.1. The molecule has 3 unspecified atom stereocenters. The molecule has 0 bridgehead atoms. The minimum Gasteiger partial charge on any atom is -0.493 e. The molecule has 3 aromatic rings. The van der Waals surface area contributed by atoms with Crippen LogP contribution in [0.4, 0.5) is 4.39 Å². The SMILES string of the molecule is COc1cc2[nH]c(=O)n(CCN3CC4CC(c5ccc(F)cc5)C4C3)c(=O)c2cc1OC. The summed E-state index contributed by atoms with van der Waals surface area (Å²) in [7, 11) is 3.02. The molecule has 2 aliphatic rings. The number of hydrogen-bond acceptors (Lipinski definition) is 5. The van der Waals surface area contributed by atoms with Crippen LogP contribution < -0.4 is 20.7 Å². The molecule has 3 atom stereocenters. The molecule has 7 nitrogen and oxygen atoms in total. The molecule has 1 aliphatic carbocycles. The van der Waals surface area contributed by atoms with Crippen LogP contribution in [-0.4, -0.2) is 48.3 Å². The monoisotopic (exact) mass is 439 g/mol. The number of hydrogen-bond donors (Lipinski definition) is 1. The molecule has 2 aromatic carbocycles. The zero-order valence-electron chi connectivity index (χ0n) is 18.1. The van der Waals surface area contributed by atoms with E-state index in [0.717, 1.165) is 19.5 Å². The minimum absolute atomic E-state index is 0.209. The number of nitrogens with zero attached hydrogens (tertiary/aromatic N) is 2. The van der Waals surface area contributed by atoms with Crippen LogP contribution >= 0.6 is 0 Å². The van der Waals surface area contributed by atoms with Crippen LogP contribution in [0.15, 0.2) is 46.0 Å². The van der Waals surface area contributed by atoms with Crippen molar-refractivity contribution < 1.29 is 13.9 Å². The molecule has 1 aromatic heterocycles. The highest BCUT2D eigenvalue weighted by Gasteiger charge is 2.47. The molecule has 0 radical (unpaired) electrons. The maximum atomic E-state index is 13.2. The molecule has 5 rings (SSSR count). The van der Waals surface area contributed by atoms with Gasteiger partial charge in [-0.25, -0.2) is 9.18 Å². The first kappa shape index (κ1) is 20.8. The molecule has 2 fully saturated rings. The molecule has 0 amide bonds. The van der Waals surface area contributed by atoms with Crippen molar-refractivity contribution in [2.24, 2.45) is 11.8 Å². The van der Waals surface area contributed by atoms with E-state index in [1.807, 2.05) is 12.1 Å². The summed E-state index contributed by atoms with van der Waals surface area (Å²) in [5.41, 5.74) is 0.855. The van der Waals surface area contributed by atoms with Crippen molar-refractivity contribution in [3.8, 4) is 11.5 Å². The fourth-order valence-corrected chi connectivity index (χ4v) is 5.30. The van der Waals surface area contributed by atoms with Gasteiger partial charge in [0, 0.05) is 32.2 Å². The van der Waals surface area contributed by atoms with Gasteiger partial charge in [-0.2, -0.15) is 0 Å². The summed E-state index contributed by atoms with van der Waals surface area (Å²) in [6.45, 7) is 2.84. The Kier molecular flexibility index (Phi) is 5.25. The Morgan fingerprint density at radius 1 is 1.03 bits per heavy atom. The van der Waals surface area contributed by atoms with Crippen molar-refractivity contribution in [3.05, 3.63) is 68.6 Å². The van der Waals surface area contributed by atoms with Gasteiger partial charge in [-0.05, 0) is 47.9 Å². The van der Waals surface area contributed by atoms with Crippen molar-refractivity contribution in [1.82, 2.24) is 14.5 Å². The van der Waals surface area contributed by atoms with E-state index in [1.54, 1.807) is 12.1 Å². The lowest BCUT2D eigenvalue weighted by Crippen LogP contribution is -2.38. The third-order valence-corrected chi connectivity index (χ3v) is 7.06. The molecule has 1 saturated heterocycles. The second kappa shape index (κ2) is 8.09. The normalized spacial score (nSPS) is 22.5. The Morgan fingerprint density at radius 2 is 1.75 bits per heavy atom. The smallest absolute Gasteiger partial charge is 0.328 e. The Morgan fingerprint density at radius 3 is 2.47 bits per heavy atom. The lowest BCUT2D eigenvalue weighted by atomic mass is 9.64. The first-order valence-corrected chi connectivity index (χ1v) is 10.8. The van der Waals surface area contributed by atoms with Crippen LogP contribution in [0, 0.1) is 17.7 Å². The fourth-order valence-electron chi connectivity index (χ4n) is 5.30. The van der Waals surface area contributed by atoms with Gasteiger partial charge in [0.15, 0.2) is 11.5 Å². The number of halogens is 1. The average molecular weight is 439 g/mol. The molecule has 168 valence electrons. The van der Waals surface area contributed by atoms with E-state index in [1.165, 1.54) is 36.5 Å². The lowest BCUT2D eigenvalue weighted by Gasteiger charge is -2.40. The van der Waals surface area contributed by atoms with E-state index in [4.69, 9.17) is 9.47 Å². The first-order chi connectivity index (χ1) is 15.5. The number of H-pyrrole nitrogens is 1. The highest BCUT2D eigenvalue weighted by molar-refractivity contribution is 5.81. The molecule has 1 N–H and O–H groups in total. The summed E-state index contributed by atoms with van der Waals surface area (Å²) in [6, 6.07) is 10.0. The van der Waals surface area contributed by atoms with Crippen molar-refractivity contribution in [1.29, 1.82) is 0 Å². The highest BCUT2D eigenvalue weighted by Crippen LogP contribution is 2.51. The number of ether oxygens (including phenoxy) is 2. The van der Waals surface area contributed by atoms with Gasteiger partial charge in [0.1, 0.15) is 5.82 Å². The van der Waals surface area contributed by atoms with Gasteiger partial charge in [-0.15, -0.1) is 0 Å². The summed E-state index contributed by atoms with van der Waals surface area (Å²) in [5.74, 6) is 2.31. The van der Waals surface area contributed by atoms with Crippen LogP contribution in [0.5, 0.6) is 11.5 Å². The lowest BCUT2D eigenvalue weighted by molar-refractivity contribution is 0.191. The van der Waals surface area contributed by atoms with Crippen LogP contribution in [0.3, 0.4) is 0 Å². The third-order valence-electron chi connectivity index (χ3n) is 7.06. The number of benzene rings is 2. The molecule has 0 spiro atoms. The average Bonchev–Trinajstić information content (AvgIpc) is 3.10. The van der Waals surface area contributed by atoms with Crippen LogP contribution in [-0.2, 0) is 6.54 Å². The van der Waals surface area contributed by atoms with E-state index < -0.39 is 5.69 Å². The van der Waals surface area contributed by atoms with Gasteiger partial charge in [0.05, 0.1) is 25.1 Å². The highest BCUT2D eigenvalue weighted by atomic mass is 19.1. The molecular weight excluding hydrogens is 413 g/mol.